The molecule has 0 spiro atoms. The molecule has 1 saturated heterocycles. The Bertz CT molecular complexity index is 557. The lowest BCUT2D eigenvalue weighted by Crippen LogP contribution is -2.35. The smallest absolute Gasteiger partial charge is 0.306 e. The van der Waals surface area contributed by atoms with Crippen molar-refractivity contribution in [3.63, 3.8) is 0 Å². The highest BCUT2D eigenvalue weighted by molar-refractivity contribution is 5.96. The first-order chi connectivity index (χ1) is 9.30. The van der Waals surface area contributed by atoms with E-state index in [0.717, 1.165) is 12.1 Å². The zero-order chi connectivity index (χ0) is 14.9. The highest BCUT2D eigenvalue weighted by atomic mass is 19.4. The van der Waals surface area contributed by atoms with E-state index in [1.54, 1.807) is 0 Å². The van der Waals surface area contributed by atoms with Crippen molar-refractivity contribution in [1.82, 2.24) is 0 Å². The van der Waals surface area contributed by atoms with Crippen molar-refractivity contribution < 1.29 is 22.9 Å². The largest absolute Gasteiger partial charge is 0.416 e. The quantitative estimate of drug-likeness (QED) is 0.620. The van der Waals surface area contributed by atoms with Gasteiger partial charge in [0.05, 0.1) is 10.5 Å². The SMILES string of the molecule is O=C1CCCCN1c1ccc(C(F)(F)F)cc1[N+](=O)[O-]. The molecule has 8 heteroatoms. The fourth-order valence-electron chi connectivity index (χ4n) is 2.13. The Labute approximate surface area is 112 Å². The average Bonchev–Trinajstić information content (AvgIpc) is 2.37. The molecule has 1 aliphatic heterocycles. The molecule has 2 rings (SSSR count). The van der Waals surface area contributed by atoms with E-state index in [0.29, 0.717) is 18.9 Å². The molecule has 0 atom stereocenters. The molecule has 0 aromatic heterocycles. The van der Waals surface area contributed by atoms with Gasteiger partial charge in [0.1, 0.15) is 5.69 Å². The van der Waals surface area contributed by atoms with Crippen molar-refractivity contribution in [1.29, 1.82) is 0 Å². The van der Waals surface area contributed by atoms with Gasteiger partial charge in [-0.25, -0.2) is 0 Å². The highest BCUT2D eigenvalue weighted by Crippen LogP contribution is 2.37. The summed E-state index contributed by atoms with van der Waals surface area (Å²) >= 11 is 0. The molecule has 0 radical (unpaired) electrons. The Balaban J connectivity index is 2.48. The molecule has 1 heterocycles. The number of nitro groups is 1. The summed E-state index contributed by atoms with van der Waals surface area (Å²) in [4.78, 5) is 23.0. The lowest BCUT2D eigenvalue weighted by Gasteiger charge is -2.26. The number of alkyl halides is 3. The average molecular weight is 288 g/mol. The number of halogens is 3. The van der Waals surface area contributed by atoms with Crippen LogP contribution in [0.15, 0.2) is 18.2 Å². The van der Waals surface area contributed by atoms with Gasteiger partial charge in [0.25, 0.3) is 5.69 Å². The molecule has 108 valence electrons. The minimum atomic E-state index is -4.66. The van der Waals surface area contributed by atoms with Crippen LogP contribution in [0.3, 0.4) is 0 Å². The summed E-state index contributed by atoms with van der Waals surface area (Å²) in [5.74, 6) is -0.306. The van der Waals surface area contributed by atoms with Crippen LogP contribution in [0, 0.1) is 10.1 Å². The van der Waals surface area contributed by atoms with Crippen LogP contribution in [-0.2, 0) is 11.0 Å². The fraction of sp³-hybridized carbons (Fsp3) is 0.417. The number of carbonyl (C=O) groups excluding carboxylic acids is 1. The van der Waals surface area contributed by atoms with E-state index >= 15 is 0 Å². The normalized spacial score (nSPS) is 16.4. The lowest BCUT2D eigenvalue weighted by molar-refractivity contribution is -0.384. The lowest BCUT2D eigenvalue weighted by atomic mass is 10.1. The molecule has 0 saturated carbocycles. The number of carbonyl (C=O) groups is 1. The molecule has 1 amide bonds. The maximum absolute atomic E-state index is 12.6. The molecule has 0 N–H and O–H groups in total. The number of piperidine rings is 1. The summed E-state index contributed by atoms with van der Waals surface area (Å²) in [6, 6.07) is 2.21. The zero-order valence-electron chi connectivity index (χ0n) is 10.3. The molecular weight excluding hydrogens is 277 g/mol. The monoisotopic (exact) mass is 288 g/mol. The number of nitrogens with zero attached hydrogens (tertiary/aromatic N) is 2. The second-order valence-corrected chi connectivity index (χ2v) is 4.46. The summed E-state index contributed by atoms with van der Waals surface area (Å²) < 4.78 is 37.7. The maximum atomic E-state index is 12.6. The molecule has 5 nitrogen and oxygen atoms in total. The minimum Gasteiger partial charge on any atom is -0.306 e. The number of nitro benzene ring substituents is 1. The maximum Gasteiger partial charge on any atom is 0.416 e. The second kappa shape index (κ2) is 5.10. The Morgan fingerprint density at radius 3 is 2.50 bits per heavy atom. The van der Waals surface area contributed by atoms with Crippen LogP contribution in [0.4, 0.5) is 24.5 Å². The minimum absolute atomic E-state index is 0.0762. The third-order valence-corrected chi connectivity index (χ3v) is 3.11. The molecule has 1 aliphatic rings. The Morgan fingerprint density at radius 1 is 1.25 bits per heavy atom. The van der Waals surface area contributed by atoms with Crippen molar-refractivity contribution in [2.75, 3.05) is 11.4 Å². The highest BCUT2D eigenvalue weighted by Gasteiger charge is 2.34. The van der Waals surface area contributed by atoms with E-state index in [1.807, 2.05) is 0 Å². The number of hydrogen-bond acceptors (Lipinski definition) is 3. The topological polar surface area (TPSA) is 63.5 Å². The summed E-state index contributed by atoms with van der Waals surface area (Å²) in [5, 5.41) is 11.0. The van der Waals surface area contributed by atoms with Crippen LogP contribution in [0.1, 0.15) is 24.8 Å². The van der Waals surface area contributed by atoms with Gasteiger partial charge in [-0.15, -0.1) is 0 Å². The third kappa shape index (κ3) is 2.73. The molecule has 0 aliphatic carbocycles. The van der Waals surface area contributed by atoms with Crippen molar-refractivity contribution in [2.24, 2.45) is 0 Å². The van der Waals surface area contributed by atoms with Gasteiger partial charge in [0, 0.05) is 19.0 Å². The standard InChI is InChI=1S/C12H11F3N2O3/c13-12(14,15)8-4-5-9(10(7-8)17(19)20)16-6-2-1-3-11(16)18/h4-5,7H,1-3,6H2. The number of hydrogen-bond donors (Lipinski definition) is 0. The number of rotatable bonds is 2. The summed E-state index contributed by atoms with van der Waals surface area (Å²) in [7, 11) is 0. The van der Waals surface area contributed by atoms with Gasteiger partial charge >= 0.3 is 6.18 Å². The van der Waals surface area contributed by atoms with Crippen molar-refractivity contribution in [3.8, 4) is 0 Å². The Hall–Kier alpha value is -2.12. The van der Waals surface area contributed by atoms with Crippen LogP contribution >= 0.6 is 0 Å². The second-order valence-electron chi connectivity index (χ2n) is 4.46. The van der Waals surface area contributed by atoms with Gasteiger partial charge < -0.3 is 4.90 Å². The van der Waals surface area contributed by atoms with Gasteiger partial charge in [-0.1, -0.05) is 0 Å². The molecule has 1 aromatic carbocycles. The molecule has 1 fully saturated rings. The van der Waals surface area contributed by atoms with Crippen molar-refractivity contribution in [3.05, 3.63) is 33.9 Å². The van der Waals surface area contributed by atoms with Crippen molar-refractivity contribution >= 4 is 17.3 Å². The first kappa shape index (κ1) is 14.3. The van der Waals surface area contributed by atoms with Crippen LogP contribution in [-0.4, -0.2) is 17.4 Å². The third-order valence-electron chi connectivity index (χ3n) is 3.11. The van der Waals surface area contributed by atoms with E-state index in [1.165, 1.54) is 4.90 Å². The fourth-order valence-corrected chi connectivity index (χ4v) is 2.13. The zero-order valence-corrected chi connectivity index (χ0v) is 10.3. The molecule has 0 bridgehead atoms. The van der Waals surface area contributed by atoms with E-state index in [4.69, 9.17) is 0 Å². The summed E-state index contributed by atoms with van der Waals surface area (Å²) in [6.07, 6.45) is -3.05. The van der Waals surface area contributed by atoms with Gasteiger partial charge in [0.15, 0.2) is 0 Å². The van der Waals surface area contributed by atoms with Gasteiger partial charge in [-0.05, 0) is 25.0 Å². The van der Waals surface area contributed by atoms with E-state index < -0.39 is 22.4 Å². The van der Waals surface area contributed by atoms with Gasteiger partial charge in [-0.3, -0.25) is 14.9 Å². The van der Waals surface area contributed by atoms with Gasteiger partial charge in [-0.2, -0.15) is 13.2 Å². The van der Waals surface area contributed by atoms with Crippen LogP contribution in [0.25, 0.3) is 0 Å². The van der Waals surface area contributed by atoms with Crippen LogP contribution in [0.5, 0.6) is 0 Å². The predicted octanol–water partition coefficient (Wildman–Crippen LogP) is 3.13. The number of anilines is 1. The first-order valence-corrected chi connectivity index (χ1v) is 5.96. The first-order valence-electron chi connectivity index (χ1n) is 5.96. The number of benzene rings is 1. The summed E-state index contributed by atoms with van der Waals surface area (Å²) in [5.41, 5.74) is -1.87. The van der Waals surface area contributed by atoms with E-state index in [2.05, 4.69) is 0 Å². The molecule has 0 unspecified atom stereocenters. The number of amides is 1. The van der Waals surface area contributed by atoms with E-state index in [9.17, 15) is 28.1 Å². The van der Waals surface area contributed by atoms with Crippen LogP contribution in [0.2, 0.25) is 0 Å². The molecule has 20 heavy (non-hydrogen) atoms. The van der Waals surface area contributed by atoms with E-state index in [-0.39, 0.29) is 24.6 Å². The van der Waals surface area contributed by atoms with Gasteiger partial charge in [0.2, 0.25) is 5.91 Å². The summed E-state index contributed by atoms with van der Waals surface area (Å²) in [6.45, 7) is 0.283. The van der Waals surface area contributed by atoms with Crippen molar-refractivity contribution in [2.45, 2.75) is 25.4 Å². The molecular formula is C12H11F3N2O3. The Morgan fingerprint density at radius 2 is 1.95 bits per heavy atom. The Kier molecular flexibility index (Phi) is 3.65. The van der Waals surface area contributed by atoms with Crippen LogP contribution < -0.4 is 4.90 Å². The molecule has 1 aromatic rings. The predicted molar refractivity (Wildman–Crippen MR) is 64.3 cm³/mol.